The third kappa shape index (κ3) is 2.73. The van der Waals surface area contributed by atoms with Crippen LogP contribution < -0.4 is 5.32 Å². The van der Waals surface area contributed by atoms with E-state index < -0.39 is 0 Å². The van der Waals surface area contributed by atoms with Gasteiger partial charge in [0.1, 0.15) is 0 Å². The molecule has 1 aliphatic carbocycles. The van der Waals surface area contributed by atoms with Crippen molar-refractivity contribution in [3.8, 4) is 0 Å². The molecule has 0 aromatic rings. The van der Waals surface area contributed by atoms with Crippen LogP contribution in [0.5, 0.6) is 0 Å². The molecule has 3 aliphatic rings. The van der Waals surface area contributed by atoms with E-state index in [0.29, 0.717) is 6.04 Å². The minimum atomic E-state index is 0.0344. The number of fused-ring (bicyclic) bond motifs is 1. The molecule has 0 spiro atoms. The Morgan fingerprint density at radius 1 is 1.15 bits per heavy atom. The average Bonchev–Trinajstić information content (AvgIpc) is 2.91. The second-order valence-electron chi connectivity index (χ2n) is 6.83. The number of hydrogen-bond donors (Lipinski definition) is 1. The molecule has 5 atom stereocenters. The molecule has 1 saturated carbocycles. The van der Waals surface area contributed by atoms with Crippen molar-refractivity contribution in [2.75, 3.05) is 13.7 Å². The van der Waals surface area contributed by atoms with Crippen LogP contribution in [0.25, 0.3) is 0 Å². The highest BCUT2D eigenvalue weighted by Crippen LogP contribution is 2.33. The molecule has 4 nitrogen and oxygen atoms in total. The van der Waals surface area contributed by atoms with Crippen LogP contribution in [0.15, 0.2) is 0 Å². The molecular weight excluding hydrogens is 252 g/mol. The Kier molecular flexibility index (Phi) is 4.32. The number of ether oxygens (including phenoxy) is 1. The molecule has 1 N–H and O–H groups in total. The molecule has 5 unspecified atom stereocenters. The minimum Gasteiger partial charge on any atom is -0.376 e. The summed E-state index contributed by atoms with van der Waals surface area (Å²) < 4.78 is 5.60. The standard InChI is InChI=1S/C16H28N2O2/c1-11-15(9-10-20-11)18(2)16(19)14-8-7-12-5-3-4-6-13(12)17-14/h11-15,17H,3-10H2,1-2H3. The van der Waals surface area contributed by atoms with E-state index >= 15 is 0 Å². The second-order valence-corrected chi connectivity index (χ2v) is 6.83. The van der Waals surface area contributed by atoms with Crippen molar-refractivity contribution in [2.45, 2.75) is 76.1 Å². The summed E-state index contributed by atoms with van der Waals surface area (Å²) in [5.41, 5.74) is 0. The Hall–Kier alpha value is -0.610. The van der Waals surface area contributed by atoms with Gasteiger partial charge in [0.25, 0.3) is 0 Å². The van der Waals surface area contributed by atoms with E-state index in [2.05, 4.69) is 12.2 Å². The summed E-state index contributed by atoms with van der Waals surface area (Å²) in [5, 5.41) is 3.64. The first-order chi connectivity index (χ1) is 9.66. The molecule has 3 rings (SSSR count). The lowest BCUT2D eigenvalue weighted by Gasteiger charge is -2.41. The number of carbonyl (C=O) groups is 1. The van der Waals surface area contributed by atoms with Crippen LogP contribution in [0, 0.1) is 5.92 Å². The minimum absolute atomic E-state index is 0.0344. The van der Waals surface area contributed by atoms with Crippen LogP contribution in [0.4, 0.5) is 0 Å². The molecule has 0 radical (unpaired) electrons. The Balaban J connectivity index is 1.59. The van der Waals surface area contributed by atoms with Gasteiger partial charge in [0.15, 0.2) is 0 Å². The Bertz CT molecular complexity index is 360. The number of rotatable bonds is 2. The molecule has 4 heteroatoms. The summed E-state index contributed by atoms with van der Waals surface area (Å²) in [4.78, 5) is 14.7. The van der Waals surface area contributed by atoms with Gasteiger partial charge in [-0.05, 0) is 44.9 Å². The van der Waals surface area contributed by atoms with Crippen molar-refractivity contribution >= 4 is 5.91 Å². The van der Waals surface area contributed by atoms with Gasteiger partial charge in [-0.3, -0.25) is 4.79 Å². The first-order valence-electron chi connectivity index (χ1n) is 8.31. The summed E-state index contributed by atoms with van der Waals surface area (Å²) in [7, 11) is 1.95. The SMILES string of the molecule is CC1OCCC1N(C)C(=O)C1CCC2CCCCC2N1. The molecule has 2 saturated heterocycles. The zero-order valence-corrected chi connectivity index (χ0v) is 12.8. The number of amides is 1. The first-order valence-corrected chi connectivity index (χ1v) is 8.31. The van der Waals surface area contributed by atoms with E-state index in [0.717, 1.165) is 25.4 Å². The highest BCUT2D eigenvalue weighted by atomic mass is 16.5. The maximum absolute atomic E-state index is 12.7. The normalized spacial score (nSPS) is 41.2. The third-order valence-electron chi connectivity index (χ3n) is 5.63. The lowest BCUT2D eigenvalue weighted by atomic mass is 9.77. The number of nitrogens with zero attached hydrogens (tertiary/aromatic N) is 1. The predicted molar refractivity (Wildman–Crippen MR) is 78.5 cm³/mol. The van der Waals surface area contributed by atoms with Gasteiger partial charge in [-0.2, -0.15) is 0 Å². The summed E-state index contributed by atoms with van der Waals surface area (Å²) in [6, 6.07) is 0.873. The van der Waals surface area contributed by atoms with Gasteiger partial charge in [-0.1, -0.05) is 12.8 Å². The molecule has 0 aromatic heterocycles. The van der Waals surface area contributed by atoms with Crippen LogP contribution in [0.3, 0.4) is 0 Å². The predicted octanol–water partition coefficient (Wildman–Crippen LogP) is 1.93. The summed E-state index contributed by atoms with van der Waals surface area (Å²) >= 11 is 0. The summed E-state index contributed by atoms with van der Waals surface area (Å²) in [6.07, 6.45) is 8.67. The summed E-state index contributed by atoms with van der Waals surface area (Å²) in [5.74, 6) is 1.09. The zero-order valence-electron chi connectivity index (χ0n) is 12.8. The van der Waals surface area contributed by atoms with Gasteiger partial charge >= 0.3 is 0 Å². The van der Waals surface area contributed by atoms with Crippen LogP contribution in [-0.4, -0.2) is 48.7 Å². The molecule has 114 valence electrons. The van der Waals surface area contributed by atoms with Crippen LogP contribution in [0.1, 0.15) is 51.9 Å². The van der Waals surface area contributed by atoms with Crippen molar-refractivity contribution in [3.05, 3.63) is 0 Å². The topological polar surface area (TPSA) is 41.6 Å². The van der Waals surface area contributed by atoms with Gasteiger partial charge < -0.3 is 15.0 Å². The highest BCUT2D eigenvalue weighted by Gasteiger charge is 2.38. The number of piperidine rings is 1. The first kappa shape index (κ1) is 14.3. The van der Waals surface area contributed by atoms with Crippen LogP contribution in [-0.2, 0) is 9.53 Å². The maximum Gasteiger partial charge on any atom is 0.239 e. The van der Waals surface area contributed by atoms with Gasteiger partial charge in [0, 0.05) is 19.7 Å². The Morgan fingerprint density at radius 2 is 1.95 bits per heavy atom. The fraction of sp³-hybridized carbons (Fsp3) is 0.938. The smallest absolute Gasteiger partial charge is 0.239 e. The van der Waals surface area contributed by atoms with Crippen molar-refractivity contribution in [1.29, 1.82) is 0 Å². The van der Waals surface area contributed by atoms with E-state index in [9.17, 15) is 4.79 Å². The number of carbonyl (C=O) groups excluding carboxylic acids is 1. The lowest BCUT2D eigenvalue weighted by molar-refractivity contribution is -0.136. The second kappa shape index (κ2) is 6.02. The third-order valence-corrected chi connectivity index (χ3v) is 5.63. The maximum atomic E-state index is 12.7. The van der Waals surface area contributed by atoms with Crippen molar-refractivity contribution in [2.24, 2.45) is 5.92 Å². The molecule has 1 amide bonds. The van der Waals surface area contributed by atoms with Gasteiger partial charge in [0.05, 0.1) is 18.2 Å². The van der Waals surface area contributed by atoms with E-state index in [-0.39, 0.29) is 24.1 Å². The number of hydrogen-bond acceptors (Lipinski definition) is 3. The Labute approximate surface area is 122 Å². The van der Waals surface area contributed by atoms with Crippen molar-refractivity contribution < 1.29 is 9.53 Å². The monoisotopic (exact) mass is 280 g/mol. The zero-order chi connectivity index (χ0) is 14.1. The summed E-state index contributed by atoms with van der Waals surface area (Å²) in [6.45, 7) is 2.86. The van der Waals surface area contributed by atoms with Crippen LogP contribution in [0.2, 0.25) is 0 Å². The number of likely N-dealkylation sites (N-methyl/N-ethyl adjacent to an activating group) is 1. The molecule has 3 fully saturated rings. The largest absolute Gasteiger partial charge is 0.376 e. The molecule has 2 aliphatic heterocycles. The Morgan fingerprint density at radius 3 is 2.70 bits per heavy atom. The van der Waals surface area contributed by atoms with Crippen molar-refractivity contribution in [3.63, 3.8) is 0 Å². The highest BCUT2D eigenvalue weighted by molar-refractivity contribution is 5.82. The van der Waals surface area contributed by atoms with Gasteiger partial charge in [0.2, 0.25) is 5.91 Å². The number of nitrogens with one attached hydrogen (secondary N) is 1. The molecular formula is C16H28N2O2. The van der Waals surface area contributed by atoms with Gasteiger partial charge in [-0.15, -0.1) is 0 Å². The molecule has 20 heavy (non-hydrogen) atoms. The van der Waals surface area contributed by atoms with E-state index in [1.165, 1.54) is 32.1 Å². The fourth-order valence-electron chi connectivity index (χ4n) is 4.33. The van der Waals surface area contributed by atoms with E-state index in [4.69, 9.17) is 4.74 Å². The molecule has 0 aromatic carbocycles. The van der Waals surface area contributed by atoms with E-state index in [1.54, 1.807) is 0 Å². The molecule has 2 heterocycles. The van der Waals surface area contributed by atoms with Crippen LogP contribution >= 0.6 is 0 Å². The quantitative estimate of drug-likeness (QED) is 0.840. The van der Waals surface area contributed by atoms with E-state index in [1.807, 2.05) is 11.9 Å². The lowest BCUT2D eigenvalue weighted by Crippen LogP contribution is -2.57. The fourth-order valence-corrected chi connectivity index (χ4v) is 4.33. The average molecular weight is 280 g/mol. The van der Waals surface area contributed by atoms with Crippen molar-refractivity contribution in [1.82, 2.24) is 10.2 Å². The molecule has 0 bridgehead atoms. The van der Waals surface area contributed by atoms with Gasteiger partial charge in [-0.25, -0.2) is 0 Å².